The summed E-state index contributed by atoms with van der Waals surface area (Å²) < 4.78 is 8.53. The second-order valence-electron chi connectivity index (χ2n) is 0.537. The van der Waals surface area contributed by atoms with Crippen molar-refractivity contribution in [1.29, 1.82) is 0 Å². The van der Waals surface area contributed by atoms with Gasteiger partial charge in [-0.25, -0.2) is 0 Å². The normalized spacial score (nSPS) is 11.8. The van der Waals surface area contributed by atoms with Crippen molar-refractivity contribution in [2.24, 2.45) is 0 Å². The Labute approximate surface area is 79.0 Å². The Bertz CT molecular complexity index is 57.4. The van der Waals surface area contributed by atoms with Gasteiger partial charge in [-0.2, -0.15) is 0 Å². The molecule has 0 atom stereocenters. The zero-order valence-electron chi connectivity index (χ0n) is 3.72. The number of hydrogen-bond acceptors (Lipinski definition) is 3. The summed E-state index contributed by atoms with van der Waals surface area (Å²) in [6.07, 6.45) is -0.478. The van der Waals surface area contributed by atoms with Crippen molar-refractivity contribution in [2.75, 3.05) is 0 Å². The fourth-order valence-corrected chi connectivity index (χ4v) is 0.664. The molecule has 8 heavy (non-hydrogen) atoms. The van der Waals surface area contributed by atoms with Crippen LogP contribution in [0.25, 0.3) is 0 Å². The van der Waals surface area contributed by atoms with Crippen LogP contribution >= 0.6 is 0 Å². The average Bonchev–Trinajstić information content (AvgIpc) is 1.30. The maximum Gasteiger partial charge on any atom is 0 e. The molecule has 0 amide bonds. The van der Waals surface area contributed by atoms with Gasteiger partial charge in [0.05, 0.1) is 0 Å². The summed E-state index contributed by atoms with van der Waals surface area (Å²) >= 11 is -1.16. The Hall–Kier alpha value is 1.03. The number of carbonyl (C=O) groups is 1. The SMILES string of the molecule is O.O.O=C1[O][Pb][O]1.[Pb]. The maximum atomic E-state index is 9.50. The molecule has 4 N–H and O–H groups in total. The third-order valence-electron chi connectivity index (χ3n) is 0.250. The van der Waals surface area contributed by atoms with E-state index in [4.69, 9.17) is 0 Å². The largest absolute Gasteiger partial charge is 0 e. The minimum Gasteiger partial charge on any atom is 0 e. The molecule has 1 fully saturated rings. The summed E-state index contributed by atoms with van der Waals surface area (Å²) in [4.78, 5) is 9.50. The predicted molar refractivity (Wildman–Crippen MR) is 26.3 cm³/mol. The fraction of sp³-hybridized carbons (Fsp3) is 0. The van der Waals surface area contributed by atoms with E-state index in [9.17, 15) is 4.79 Å². The van der Waals surface area contributed by atoms with Crippen molar-refractivity contribution in [3.8, 4) is 0 Å². The number of carbonyl (C=O) groups excluding carboxylic acids is 1. The van der Waals surface area contributed by atoms with Crippen molar-refractivity contribution in [2.45, 2.75) is 0 Å². The van der Waals surface area contributed by atoms with Crippen molar-refractivity contribution in [1.82, 2.24) is 0 Å². The average molecular weight is 510 g/mol. The van der Waals surface area contributed by atoms with Gasteiger partial charge in [0.15, 0.2) is 0 Å². The third-order valence-corrected chi connectivity index (χ3v) is 2.19. The van der Waals surface area contributed by atoms with Crippen LogP contribution in [0.2, 0.25) is 0 Å². The van der Waals surface area contributed by atoms with Gasteiger partial charge in [-0.1, -0.05) is 0 Å². The smallest absolute Gasteiger partial charge is 0 e. The Morgan fingerprint density at radius 2 is 1.50 bits per heavy atom. The van der Waals surface area contributed by atoms with E-state index in [0.29, 0.717) is 0 Å². The minimum absolute atomic E-state index is 0. The van der Waals surface area contributed by atoms with Crippen molar-refractivity contribution in [3.05, 3.63) is 0 Å². The minimum atomic E-state index is -1.16. The van der Waals surface area contributed by atoms with Gasteiger partial charge in [0.25, 0.3) is 0 Å². The molecular formula is CH4O5Pb2. The van der Waals surface area contributed by atoms with Crippen molar-refractivity contribution < 1.29 is 21.1 Å². The molecule has 0 saturated carbocycles. The van der Waals surface area contributed by atoms with E-state index < -0.39 is 31.3 Å². The second-order valence-corrected chi connectivity index (χ2v) is 2.77. The summed E-state index contributed by atoms with van der Waals surface area (Å²) in [5.41, 5.74) is 0. The number of rotatable bonds is 0. The molecule has 46 valence electrons. The molecule has 1 rings (SSSR count). The molecule has 1 aliphatic rings. The first kappa shape index (κ1) is 16.0. The van der Waals surface area contributed by atoms with Gasteiger partial charge in [0.1, 0.15) is 0 Å². The van der Waals surface area contributed by atoms with Gasteiger partial charge in [-0.15, -0.1) is 0 Å². The summed E-state index contributed by atoms with van der Waals surface area (Å²) in [5, 5.41) is 0. The van der Waals surface area contributed by atoms with Crippen molar-refractivity contribution >= 4 is 58.6 Å². The van der Waals surface area contributed by atoms with E-state index in [1.165, 1.54) is 0 Å². The van der Waals surface area contributed by atoms with Gasteiger partial charge in [-0.05, 0) is 0 Å². The van der Waals surface area contributed by atoms with Gasteiger partial charge in [0.2, 0.25) is 0 Å². The van der Waals surface area contributed by atoms with Crippen LogP contribution in [-0.4, -0.2) is 69.5 Å². The quantitative estimate of drug-likeness (QED) is 0.342. The molecule has 7 heteroatoms. The molecule has 0 aromatic carbocycles. The van der Waals surface area contributed by atoms with E-state index in [1.807, 2.05) is 0 Å². The molecule has 0 aromatic rings. The van der Waals surface area contributed by atoms with E-state index in [2.05, 4.69) is 5.37 Å². The molecule has 1 heterocycles. The maximum absolute atomic E-state index is 9.50. The van der Waals surface area contributed by atoms with E-state index >= 15 is 0 Å². The molecule has 0 unspecified atom stereocenters. The molecule has 1 aliphatic heterocycles. The summed E-state index contributed by atoms with van der Waals surface area (Å²) in [6.45, 7) is 0. The molecule has 6 radical (unpaired) electrons. The van der Waals surface area contributed by atoms with Gasteiger partial charge < -0.3 is 11.0 Å². The van der Waals surface area contributed by atoms with Crippen LogP contribution in [0.15, 0.2) is 0 Å². The second kappa shape index (κ2) is 8.03. The monoisotopic (exact) mass is 512 g/mol. The van der Waals surface area contributed by atoms with Gasteiger partial charge in [0, 0.05) is 27.3 Å². The van der Waals surface area contributed by atoms with Crippen LogP contribution in [-0.2, 0) is 5.37 Å². The van der Waals surface area contributed by atoms with Crippen LogP contribution in [0.1, 0.15) is 0 Å². The standard InChI is InChI=1S/CH2O3.2H2O.2Pb/c2-1(3)4;;;;/h(H2,2,3,4);2*1H2;;/q;;;;+2/p-2. The molecule has 0 aromatic heterocycles. The zero-order valence-corrected chi connectivity index (χ0v) is 11.5. The van der Waals surface area contributed by atoms with E-state index in [1.54, 1.807) is 0 Å². The van der Waals surface area contributed by atoms with Crippen molar-refractivity contribution in [3.63, 3.8) is 0 Å². The Morgan fingerprint density at radius 1 is 1.25 bits per heavy atom. The first-order chi connectivity index (χ1) is 2.39. The first-order valence-electron chi connectivity index (χ1n) is 1.02. The van der Waals surface area contributed by atoms with Crippen LogP contribution in [0.4, 0.5) is 4.79 Å². The molecule has 0 spiro atoms. The van der Waals surface area contributed by atoms with E-state index in [-0.39, 0.29) is 38.3 Å². The fourth-order valence-electron chi connectivity index (χ4n) is 0.0757. The Kier molecular flexibility index (Phi) is 16.1. The third kappa shape index (κ3) is 5.18. The Morgan fingerprint density at radius 3 is 1.50 bits per heavy atom. The van der Waals surface area contributed by atoms with E-state index in [0.717, 1.165) is 0 Å². The summed E-state index contributed by atoms with van der Waals surface area (Å²) in [7, 11) is 0. The van der Waals surface area contributed by atoms with Gasteiger partial charge >= 0.3 is 41.5 Å². The van der Waals surface area contributed by atoms with Crippen LogP contribution in [0.3, 0.4) is 0 Å². The summed E-state index contributed by atoms with van der Waals surface area (Å²) in [6, 6.07) is 0. The molecule has 0 aliphatic carbocycles. The zero-order chi connectivity index (χ0) is 3.70. The first-order valence-corrected chi connectivity index (χ1v) is 4.19. The van der Waals surface area contributed by atoms with Crippen LogP contribution in [0, 0.1) is 0 Å². The molecular weight excluding hydrogens is 506 g/mol. The number of hydrogen-bond donors (Lipinski definition) is 0. The van der Waals surface area contributed by atoms with Gasteiger partial charge in [-0.3, -0.25) is 0 Å². The Balaban J connectivity index is -0.0000000833. The topological polar surface area (TPSA) is 98.5 Å². The predicted octanol–water partition coefficient (Wildman–Crippen LogP) is -2.34. The van der Waals surface area contributed by atoms with Crippen LogP contribution < -0.4 is 0 Å². The van der Waals surface area contributed by atoms with Crippen LogP contribution in [0.5, 0.6) is 0 Å². The molecule has 1 saturated heterocycles. The summed E-state index contributed by atoms with van der Waals surface area (Å²) in [5.74, 6) is 0. The molecule has 5 nitrogen and oxygen atoms in total. The molecule has 0 bridgehead atoms.